The number of carbonyl (C=O) groups is 1. The molecule has 4 fully saturated rings. The molecule has 0 aliphatic heterocycles. The highest BCUT2D eigenvalue weighted by atomic mass is 16.4. The minimum Gasteiger partial charge on any atom is -0.481 e. The summed E-state index contributed by atoms with van der Waals surface area (Å²) in [6.45, 7) is 9.48. The summed E-state index contributed by atoms with van der Waals surface area (Å²) in [5, 5.41) is 31.5. The maximum absolute atomic E-state index is 11.8. The third-order valence-corrected chi connectivity index (χ3v) is 11.1. The van der Waals surface area contributed by atoms with Crippen LogP contribution in [0.5, 0.6) is 0 Å². The van der Waals surface area contributed by atoms with Gasteiger partial charge in [0.25, 0.3) is 0 Å². The van der Waals surface area contributed by atoms with Crippen molar-refractivity contribution in [1.82, 2.24) is 0 Å². The highest BCUT2D eigenvalue weighted by molar-refractivity contribution is 5.66. The standard InChI is InChI=1S/C27H46O4/c1-5-6-18-22-15-17(28)11-13-27(22,4)21-12-14-26(3)19(16(2)7-10-23(29)30)8-9-20(26)24(21)25(18)31/h16-22,24-25,28,31H,5-15H2,1-4H3,(H,29,30)/t16-,17-,18-,19-,20?,21?,22+,24?,25+,26-,27-/m1/s1. The van der Waals surface area contributed by atoms with E-state index in [9.17, 15) is 20.1 Å². The van der Waals surface area contributed by atoms with Gasteiger partial charge in [-0.05, 0) is 110 Å². The lowest BCUT2D eigenvalue weighted by Gasteiger charge is -2.65. The maximum Gasteiger partial charge on any atom is 0.303 e. The smallest absolute Gasteiger partial charge is 0.303 e. The SMILES string of the molecule is CCC[C@H]1[C@H](O)C2C3CC[C@H]([C@H](C)CCC(=O)O)[C@@]3(C)CCC2[C@@]2(C)CC[C@@H](O)C[C@@H]12. The van der Waals surface area contributed by atoms with E-state index in [4.69, 9.17) is 0 Å². The van der Waals surface area contributed by atoms with Crippen LogP contribution in [0, 0.1) is 52.3 Å². The molecule has 0 bridgehead atoms. The average molecular weight is 435 g/mol. The summed E-state index contributed by atoms with van der Waals surface area (Å²) in [5.41, 5.74) is 0.478. The fraction of sp³-hybridized carbons (Fsp3) is 0.963. The molecule has 0 spiro atoms. The van der Waals surface area contributed by atoms with Gasteiger partial charge in [0.2, 0.25) is 0 Å². The van der Waals surface area contributed by atoms with Crippen molar-refractivity contribution in [3.63, 3.8) is 0 Å². The molecule has 4 heteroatoms. The minimum absolute atomic E-state index is 0.194. The molecule has 0 aromatic rings. The summed E-state index contributed by atoms with van der Waals surface area (Å²) < 4.78 is 0. The number of hydrogen-bond acceptors (Lipinski definition) is 3. The van der Waals surface area contributed by atoms with Crippen LogP contribution in [0.25, 0.3) is 0 Å². The molecule has 178 valence electrons. The summed E-state index contributed by atoms with van der Waals surface area (Å²) in [5.74, 6) is 2.60. The fourth-order valence-electron chi connectivity index (χ4n) is 9.66. The van der Waals surface area contributed by atoms with E-state index in [1.165, 1.54) is 25.7 Å². The van der Waals surface area contributed by atoms with Crippen molar-refractivity contribution in [1.29, 1.82) is 0 Å². The van der Waals surface area contributed by atoms with E-state index in [1.54, 1.807) is 0 Å². The molecule has 0 radical (unpaired) electrons. The number of carboxylic acid groups (broad SMARTS) is 1. The van der Waals surface area contributed by atoms with Gasteiger partial charge in [-0.3, -0.25) is 4.79 Å². The Balaban J connectivity index is 1.62. The number of fused-ring (bicyclic) bond motifs is 5. The average Bonchev–Trinajstić information content (AvgIpc) is 3.07. The van der Waals surface area contributed by atoms with Crippen LogP contribution in [0.15, 0.2) is 0 Å². The van der Waals surface area contributed by atoms with Crippen molar-refractivity contribution in [2.75, 3.05) is 0 Å². The van der Waals surface area contributed by atoms with Crippen molar-refractivity contribution in [2.45, 2.75) is 111 Å². The topological polar surface area (TPSA) is 77.8 Å². The lowest BCUT2D eigenvalue weighted by molar-refractivity contribution is -0.204. The van der Waals surface area contributed by atoms with E-state index in [0.717, 1.165) is 38.5 Å². The van der Waals surface area contributed by atoms with Gasteiger partial charge in [-0.2, -0.15) is 0 Å². The minimum atomic E-state index is -0.682. The first-order valence-electron chi connectivity index (χ1n) is 13.2. The number of aliphatic hydroxyl groups is 2. The second-order valence-corrected chi connectivity index (χ2v) is 12.4. The Hall–Kier alpha value is -0.610. The Morgan fingerprint density at radius 3 is 2.35 bits per heavy atom. The predicted octanol–water partition coefficient (Wildman–Crippen LogP) is 5.50. The zero-order valence-electron chi connectivity index (χ0n) is 20.2. The Morgan fingerprint density at radius 1 is 1.00 bits per heavy atom. The second-order valence-electron chi connectivity index (χ2n) is 12.4. The van der Waals surface area contributed by atoms with Crippen LogP contribution in [0.1, 0.15) is 98.3 Å². The highest BCUT2D eigenvalue weighted by Gasteiger charge is 2.64. The molecule has 4 aliphatic carbocycles. The van der Waals surface area contributed by atoms with Crippen LogP contribution in [-0.2, 0) is 4.79 Å². The van der Waals surface area contributed by atoms with Gasteiger partial charge in [0.1, 0.15) is 0 Å². The lowest BCUT2D eigenvalue weighted by Crippen LogP contribution is -2.62. The second kappa shape index (κ2) is 8.63. The first-order valence-corrected chi connectivity index (χ1v) is 13.2. The van der Waals surface area contributed by atoms with Gasteiger partial charge in [0.15, 0.2) is 0 Å². The Bertz CT molecular complexity index is 664. The number of hydrogen-bond donors (Lipinski definition) is 3. The number of rotatable bonds is 6. The molecule has 4 nitrogen and oxygen atoms in total. The van der Waals surface area contributed by atoms with E-state index in [-0.39, 0.29) is 29.5 Å². The molecule has 4 aliphatic rings. The van der Waals surface area contributed by atoms with Gasteiger partial charge in [-0.15, -0.1) is 0 Å². The van der Waals surface area contributed by atoms with Crippen molar-refractivity contribution in [2.24, 2.45) is 52.3 Å². The normalized spacial score (nSPS) is 50.3. The molecular weight excluding hydrogens is 388 g/mol. The molecule has 3 unspecified atom stereocenters. The summed E-state index contributed by atoms with van der Waals surface area (Å²) >= 11 is 0. The van der Waals surface area contributed by atoms with Gasteiger partial charge in [-0.1, -0.05) is 34.1 Å². The van der Waals surface area contributed by atoms with Crippen LogP contribution in [0.2, 0.25) is 0 Å². The van der Waals surface area contributed by atoms with E-state index in [1.807, 2.05) is 0 Å². The zero-order chi connectivity index (χ0) is 22.6. The molecule has 11 atom stereocenters. The van der Waals surface area contributed by atoms with Crippen molar-refractivity contribution in [3.05, 3.63) is 0 Å². The quantitative estimate of drug-likeness (QED) is 0.515. The van der Waals surface area contributed by atoms with Crippen LogP contribution in [0.4, 0.5) is 0 Å². The monoisotopic (exact) mass is 434 g/mol. The molecule has 0 amide bonds. The first kappa shape index (κ1) is 23.5. The summed E-state index contributed by atoms with van der Waals surface area (Å²) in [4.78, 5) is 11.2. The Kier molecular flexibility index (Phi) is 6.55. The van der Waals surface area contributed by atoms with E-state index in [0.29, 0.717) is 41.4 Å². The fourth-order valence-corrected chi connectivity index (χ4v) is 9.66. The zero-order valence-corrected chi connectivity index (χ0v) is 20.2. The lowest BCUT2D eigenvalue weighted by atomic mass is 9.41. The molecule has 4 saturated carbocycles. The van der Waals surface area contributed by atoms with Crippen molar-refractivity contribution < 1.29 is 20.1 Å². The summed E-state index contributed by atoms with van der Waals surface area (Å²) in [6.07, 6.45) is 10.5. The third-order valence-electron chi connectivity index (χ3n) is 11.1. The number of aliphatic hydroxyl groups excluding tert-OH is 2. The van der Waals surface area contributed by atoms with E-state index < -0.39 is 5.97 Å². The molecule has 0 heterocycles. The van der Waals surface area contributed by atoms with Gasteiger partial charge in [0.05, 0.1) is 12.2 Å². The summed E-state index contributed by atoms with van der Waals surface area (Å²) in [7, 11) is 0. The van der Waals surface area contributed by atoms with E-state index in [2.05, 4.69) is 27.7 Å². The van der Waals surface area contributed by atoms with Gasteiger partial charge in [0, 0.05) is 6.42 Å². The highest BCUT2D eigenvalue weighted by Crippen LogP contribution is 2.69. The molecule has 0 saturated heterocycles. The number of aliphatic carboxylic acids is 1. The van der Waals surface area contributed by atoms with Gasteiger partial charge in [-0.25, -0.2) is 0 Å². The predicted molar refractivity (Wildman–Crippen MR) is 122 cm³/mol. The van der Waals surface area contributed by atoms with Gasteiger partial charge < -0.3 is 15.3 Å². The van der Waals surface area contributed by atoms with Crippen LogP contribution in [0.3, 0.4) is 0 Å². The molecule has 4 rings (SSSR count). The third kappa shape index (κ3) is 3.78. The largest absolute Gasteiger partial charge is 0.481 e. The van der Waals surface area contributed by atoms with E-state index >= 15 is 0 Å². The van der Waals surface area contributed by atoms with Crippen molar-refractivity contribution in [3.8, 4) is 0 Å². The van der Waals surface area contributed by atoms with Crippen molar-refractivity contribution >= 4 is 5.97 Å². The van der Waals surface area contributed by atoms with Gasteiger partial charge >= 0.3 is 5.97 Å². The molecule has 3 N–H and O–H groups in total. The Morgan fingerprint density at radius 2 is 1.68 bits per heavy atom. The summed E-state index contributed by atoms with van der Waals surface area (Å²) in [6, 6.07) is 0. The van der Waals surface area contributed by atoms with Crippen LogP contribution in [-0.4, -0.2) is 33.5 Å². The maximum atomic E-state index is 11.8. The molecule has 0 aromatic heterocycles. The molecule has 0 aromatic carbocycles. The van der Waals surface area contributed by atoms with Crippen LogP contribution < -0.4 is 0 Å². The molecular formula is C27H46O4. The molecule has 31 heavy (non-hydrogen) atoms. The number of carboxylic acids is 1. The first-order chi connectivity index (χ1) is 14.6. The van der Waals surface area contributed by atoms with Crippen LogP contribution >= 0.6 is 0 Å². The Labute approximate surface area is 189 Å².